The quantitative estimate of drug-likeness (QED) is 0.605. The molecule has 9 heteroatoms. The molecule has 0 spiro atoms. The predicted octanol–water partition coefficient (Wildman–Crippen LogP) is 4.02. The Labute approximate surface area is 223 Å². The van der Waals surface area contributed by atoms with E-state index in [1.54, 1.807) is 14.2 Å². The first-order valence-electron chi connectivity index (χ1n) is 12.7. The van der Waals surface area contributed by atoms with Crippen molar-refractivity contribution in [3.05, 3.63) is 47.5 Å². The lowest BCUT2D eigenvalue weighted by Crippen LogP contribution is -2.57. The summed E-state index contributed by atoms with van der Waals surface area (Å²) >= 11 is 0. The summed E-state index contributed by atoms with van der Waals surface area (Å²) in [5.41, 5.74) is 0.0869. The molecule has 1 fully saturated rings. The van der Waals surface area contributed by atoms with Crippen molar-refractivity contribution >= 4 is 34.8 Å². The molecule has 0 aliphatic carbocycles. The first-order chi connectivity index (χ1) is 18.0. The minimum atomic E-state index is -0.963. The highest BCUT2D eigenvalue weighted by Gasteiger charge is 2.53. The molecule has 1 N–H and O–H groups in total. The number of cyclic esters (lactones) is 1. The zero-order valence-electron chi connectivity index (χ0n) is 22.8. The molecule has 0 unspecified atom stereocenters. The van der Waals surface area contributed by atoms with Gasteiger partial charge in [0.1, 0.15) is 23.4 Å². The molecule has 2 aromatic carbocycles. The number of benzene rings is 2. The largest absolute Gasteiger partial charge is 0.496 e. The molecule has 0 aromatic heterocycles. The Balaban J connectivity index is 1.88. The topological polar surface area (TPSA) is 103 Å². The molecule has 2 aromatic rings. The number of ether oxygens (including phenoxy) is 4. The smallest absolute Gasteiger partial charge is 0.407 e. The fourth-order valence-corrected chi connectivity index (χ4v) is 5.21. The van der Waals surface area contributed by atoms with Crippen LogP contribution < -0.4 is 10.1 Å². The summed E-state index contributed by atoms with van der Waals surface area (Å²) in [5, 5.41) is 4.67. The van der Waals surface area contributed by atoms with Gasteiger partial charge in [-0.2, -0.15) is 0 Å². The van der Waals surface area contributed by atoms with Gasteiger partial charge in [0.15, 0.2) is 0 Å². The maximum atomic E-state index is 14.0. The number of alkyl carbamates (subject to hydrolysis) is 1. The molecule has 38 heavy (non-hydrogen) atoms. The molecule has 2 aliphatic rings. The molecule has 0 radical (unpaired) electrons. The Bertz CT molecular complexity index is 1270. The average molecular weight is 525 g/mol. The van der Waals surface area contributed by atoms with Crippen LogP contribution >= 0.6 is 0 Å². The molecule has 204 valence electrons. The number of rotatable bonds is 3. The number of carbonyl (C=O) groups is 3. The second kappa shape index (κ2) is 10.6. The van der Waals surface area contributed by atoms with Crippen LogP contribution in [0.25, 0.3) is 16.8 Å². The number of amides is 2. The molecule has 2 heterocycles. The normalized spacial score (nSPS) is 25.2. The molecular weight excluding hydrogens is 488 g/mol. The zero-order valence-corrected chi connectivity index (χ0v) is 22.8. The maximum absolute atomic E-state index is 14.0. The Morgan fingerprint density at radius 2 is 1.87 bits per heavy atom. The summed E-state index contributed by atoms with van der Waals surface area (Å²) in [4.78, 5) is 41.1. The number of methoxy groups -OCH3 is 3. The van der Waals surface area contributed by atoms with Crippen LogP contribution in [0.1, 0.15) is 44.7 Å². The first kappa shape index (κ1) is 27.4. The van der Waals surface area contributed by atoms with Crippen LogP contribution in [0, 0.1) is 5.41 Å². The van der Waals surface area contributed by atoms with Gasteiger partial charge in [0.2, 0.25) is 5.91 Å². The zero-order chi connectivity index (χ0) is 27.7. The summed E-state index contributed by atoms with van der Waals surface area (Å²) in [6.07, 6.45) is 3.83. The Hall–Kier alpha value is -3.59. The summed E-state index contributed by atoms with van der Waals surface area (Å²) in [6.45, 7) is 5.79. The van der Waals surface area contributed by atoms with Gasteiger partial charge in [-0.1, -0.05) is 45.1 Å². The first-order valence-corrected chi connectivity index (χ1v) is 12.7. The van der Waals surface area contributed by atoms with Gasteiger partial charge in [0.25, 0.3) is 0 Å². The second-order valence-electron chi connectivity index (χ2n) is 10.8. The fraction of sp³-hybridized carbons (Fsp3) is 0.483. The predicted molar refractivity (Wildman–Crippen MR) is 143 cm³/mol. The monoisotopic (exact) mass is 524 g/mol. The van der Waals surface area contributed by atoms with Crippen LogP contribution in [0.3, 0.4) is 0 Å². The molecule has 5 bridgehead atoms. The summed E-state index contributed by atoms with van der Waals surface area (Å²) in [5.74, 6) is -0.225. The molecule has 0 saturated carbocycles. The third-order valence-corrected chi connectivity index (χ3v) is 7.38. The Morgan fingerprint density at radius 1 is 1.11 bits per heavy atom. The molecule has 4 rings (SSSR count). The van der Waals surface area contributed by atoms with E-state index in [1.807, 2.05) is 63.3 Å². The van der Waals surface area contributed by atoms with E-state index in [2.05, 4.69) is 5.32 Å². The minimum absolute atomic E-state index is 0.111. The van der Waals surface area contributed by atoms with Crippen molar-refractivity contribution in [2.75, 3.05) is 34.5 Å². The lowest BCUT2D eigenvalue weighted by molar-refractivity contribution is -0.152. The van der Waals surface area contributed by atoms with Crippen LogP contribution in [-0.2, 0) is 29.4 Å². The van der Waals surface area contributed by atoms with Gasteiger partial charge in [-0.3, -0.25) is 4.79 Å². The van der Waals surface area contributed by atoms with E-state index in [4.69, 9.17) is 18.9 Å². The molecule has 2 amide bonds. The van der Waals surface area contributed by atoms with Gasteiger partial charge in [0, 0.05) is 19.1 Å². The number of esters is 1. The number of hydrogen-bond acceptors (Lipinski definition) is 7. The van der Waals surface area contributed by atoms with Crippen molar-refractivity contribution < 1.29 is 33.3 Å². The van der Waals surface area contributed by atoms with Crippen molar-refractivity contribution in [1.29, 1.82) is 0 Å². The third-order valence-electron chi connectivity index (χ3n) is 7.38. The summed E-state index contributed by atoms with van der Waals surface area (Å²) in [6, 6.07) is 8.12. The van der Waals surface area contributed by atoms with Crippen LogP contribution in [0.15, 0.2) is 36.4 Å². The van der Waals surface area contributed by atoms with E-state index in [0.29, 0.717) is 6.42 Å². The van der Waals surface area contributed by atoms with Gasteiger partial charge < -0.3 is 29.2 Å². The maximum Gasteiger partial charge on any atom is 0.407 e. The molecule has 1 saturated heterocycles. The molecule has 3 atom stereocenters. The molecule has 2 aliphatic heterocycles. The van der Waals surface area contributed by atoms with Gasteiger partial charge in [-0.05, 0) is 46.4 Å². The standard InChI is InChI=1S/C29H36N2O7/c1-28(2,3)24-25(32)31-17-29(37-6,16-22(31)26(33)36-5)21-11-10-18-15-23(35-4)19(13-20(18)14-21)9-7-8-12-38-27(34)30-24/h7,9-11,13-15,22,24H,8,12,16-17H2,1-6H3,(H,30,34)/b9-7-/t22-,24+,29-/m0/s1. The summed E-state index contributed by atoms with van der Waals surface area (Å²) in [7, 11) is 4.50. The van der Waals surface area contributed by atoms with Crippen molar-refractivity contribution in [3.63, 3.8) is 0 Å². The number of fused-ring (bicyclic) bond motifs is 5. The van der Waals surface area contributed by atoms with Gasteiger partial charge >= 0.3 is 12.1 Å². The van der Waals surface area contributed by atoms with Crippen molar-refractivity contribution in [3.8, 4) is 5.75 Å². The summed E-state index contributed by atoms with van der Waals surface area (Å²) < 4.78 is 22.1. The van der Waals surface area contributed by atoms with E-state index in [0.717, 1.165) is 27.6 Å². The minimum Gasteiger partial charge on any atom is -0.496 e. The van der Waals surface area contributed by atoms with Crippen molar-refractivity contribution in [2.24, 2.45) is 5.41 Å². The van der Waals surface area contributed by atoms with E-state index in [1.165, 1.54) is 12.0 Å². The number of hydrogen-bond donors (Lipinski definition) is 1. The van der Waals surface area contributed by atoms with Crippen LogP contribution in [0.4, 0.5) is 4.79 Å². The van der Waals surface area contributed by atoms with Crippen LogP contribution in [0.5, 0.6) is 5.75 Å². The Kier molecular flexibility index (Phi) is 7.69. The highest BCUT2D eigenvalue weighted by atomic mass is 16.5. The van der Waals surface area contributed by atoms with E-state index >= 15 is 0 Å². The van der Waals surface area contributed by atoms with Gasteiger partial charge in [-0.25, -0.2) is 9.59 Å². The molecular formula is C29H36N2O7. The van der Waals surface area contributed by atoms with Crippen LogP contribution in [0.2, 0.25) is 0 Å². The lowest BCUT2D eigenvalue weighted by atomic mass is 9.85. The second-order valence-corrected chi connectivity index (χ2v) is 10.8. The van der Waals surface area contributed by atoms with E-state index < -0.39 is 41.1 Å². The van der Waals surface area contributed by atoms with E-state index in [-0.39, 0.29) is 19.6 Å². The van der Waals surface area contributed by atoms with Gasteiger partial charge in [-0.15, -0.1) is 0 Å². The average Bonchev–Trinajstić information content (AvgIpc) is 3.30. The SMILES string of the molecule is COC(=O)[C@@H]1C[C@]2(OC)CN1C(=O)[C@H](C(C)(C)C)NC(=O)OCC/C=C\c1cc3cc2ccc3cc1OC. The highest BCUT2D eigenvalue weighted by Crippen LogP contribution is 2.42. The number of nitrogens with one attached hydrogen (secondary N) is 1. The van der Waals surface area contributed by atoms with Crippen molar-refractivity contribution in [2.45, 2.75) is 51.3 Å². The fourth-order valence-electron chi connectivity index (χ4n) is 5.21. The molecule has 9 nitrogen and oxygen atoms in total. The van der Waals surface area contributed by atoms with Crippen molar-refractivity contribution in [1.82, 2.24) is 10.2 Å². The lowest BCUT2D eigenvalue weighted by Gasteiger charge is -2.35. The number of nitrogens with zero attached hydrogens (tertiary/aromatic N) is 1. The van der Waals surface area contributed by atoms with Gasteiger partial charge in [0.05, 0.1) is 27.4 Å². The highest BCUT2D eigenvalue weighted by molar-refractivity contribution is 5.92. The number of carbonyl (C=O) groups excluding carboxylic acids is 3. The Morgan fingerprint density at radius 3 is 2.53 bits per heavy atom. The van der Waals surface area contributed by atoms with E-state index in [9.17, 15) is 14.4 Å². The third kappa shape index (κ3) is 5.20. The van der Waals surface area contributed by atoms with Crippen LogP contribution in [-0.4, -0.2) is 69.4 Å².